The number of nitrogen functional groups attached to an aromatic ring is 1. The zero-order valence-corrected chi connectivity index (χ0v) is 13.8. The Balaban J connectivity index is 2.08. The van der Waals surface area contributed by atoms with E-state index in [2.05, 4.69) is 27.1 Å². The van der Waals surface area contributed by atoms with Gasteiger partial charge in [-0.15, -0.1) is 0 Å². The van der Waals surface area contributed by atoms with E-state index in [-0.39, 0.29) is 11.5 Å². The summed E-state index contributed by atoms with van der Waals surface area (Å²) in [4.78, 5) is 31.3. The molecule has 0 saturated carbocycles. The normalized spacial score (nSPS) is 12.3. The number of hydrogen-bond donors (Lipinski definition) is 5. The first kappa shape index (κ1) is 18.9. The highest BCUT2D eigenvalue weighted by molar-refractivity contribution is 5.97. The van der Waals surface area contributed by atoms with Gasteiger partial charge in [0, 0.05) is 23.5 Å². The average Bonchev–Trinajstić information content (AvgIpc) is 2.65. The van der Waals surface area contributed by atoms with Crippen LogP contribution in [0.5, 0.6) is 0 Å². The van der Waals surface area contributed by atoms with Crippen LogP contribution in [0.1, 0.15) is 28.4 Å². The quantitative estimate of drug-likeness (QED) is 0.280. The second-order valence-electron chi connectivity index (χ2n) is 5.33. The van der Waals surface area contributed by atoms with Crippen molar-refractivity contribution in [1.82, 2.24) is 20.8 Å². The molecular formula is C17H17N5O4. The number of benzene rings is 1. The summed E-state index contributed by atoms with van der Waals surface area (Å²) in [5, 5.41) is 20.5. The molecule has 0 aliphatic rings. The van der Waals surface area contributed by atoms with E-state index in [4.69, 9.17) is 10.9 Å². The Hall–Kier alpha value is -3.48. The molecule has 2 unspecified atom stereocenters. The Bertz CT molecular complexity index is 838. The van der Waals surface area contributed by atoms with Crippen molar-refractivity contribution in [2.45, 2.75) is 19.1 Å². The summed E-state index contributed by atoms with van der Waals surface area (Å²) in [6.45, 7) is 1.32. The molecular weight excluding hydrogens is 338 g/mol. The van der Waals surface area contributed by atoms with E-state index in [1.807, 2.05) is 0 Å². The highest BCUT2D eigenvalue weighted by Crippen LogP contribution is 2.05. The zero-order chi connectivity index (χ0) is 19.1. The molecule has 0 bridgehead atoms. The second kappa shape index (κ2) is 8.57. The molecule has 1 aromatic heterocycles. The van der Waals surface area contributed by atoms with Crippen LogP contribution in [-0.4, -0.2) is 44.2 Å². The highest BCUT2D eigenvalue weighted by atomic mass is 16.5. The predicted molar refractivity (Wildman–Crippen MR) is 91.7 cm³/mol. The van der Waals surface area contributed by atoms with Crippen molar-refractivity contribution < 1.29 is 19.9 Å². The molecule has 2 amide bonds. The molecule has 0 aliphatic heterocycles. The van der Waals surface area contributed by atoms with Gasteiger partial charge in [0.15, 0.2) is 0 Å². The minimum Gasteiger partial charge on any atom is -0.391 e. The van der Waals surface area contributed by atoms with E-state index in [1.54, 1.807) is 12.1 Å². The summed E-state index contributed by atoms with van der Waals surface area (Å²) >= 11 is 0. The lowest BCUT2D eigenvalue weighted by Gasteiger charge is -2.19. The van der Waals surface area contributed by atoms with Gasteiger partial charge in [-0.25, -0.2) is 15.4 Å². The summed E-state index contributed by atoms with van der Waals surface area (Å²) in [6, 6.07) is 5.02. The van der Waals surface area contributed by atoms with Gasteiger partial charge in [0.2, 0.25) is 5.95 Å². The van der Waals surface area contributed by atoms with E-state index < -0.39 is 24.0 Å². The SMILES string of the molecule is CC(O)C(NC(=O)c1ccc(C#Cc2cnc(N)nc2)cc1)C(=O)NO. The Morgan fingerprint density at radius 3 is 2.23 bits per heavy atom. The van der Waals surface area contributed by atoms with Gasteiger partial charge in [-0.1, -0.05) is 11.8 Å². The molecule has 0 saturated heterocycles. The van der Waals surface area contributed by atoms with Gasteiger partial charge in [0.05, 0.1) is 11.7 Å². The first-order chi connectivity index (χ1) is 12.4. The maximum absolute atomic E-state index is 12.2. The molecule has 2 rings (SSSR count). The summed E-state index contributed by atoms with van der Waals surface area (Å²) in [6.07, 6.45) is 1.82. The number of nitrogens with one attached hydrogen (secondary N) is 2. The summed E-state index contributed by atoms with van der Waals surface area (Å²) in [5.41, 5.74) is 8.31. The number of carbonyl (C=O) groups is 2. The number of aliphatic hydroxyl groups excluding tert-OH is 1. The molecule has 2 atom stereocenters. The van der Waals surface area contributed by atoms with Crippen molar-refractivity contribution >= 4 is 17.8 Å². The largest absolute Gasteiger partial charge is 0.391 e. The number of nitrogens with zero attached hydrogens (tertiary/aromatic N) is 2. The number of nitrogens with two attached hydrogens (primary N) is 1. The van der Waals surface area contributed by atoms with Gasteiger partial charge in [0.25, 0.3) is 11.8 Å². The van der Waals surface area contributed by atoms with E-state index in [0.29, 0.717) is 11.1 Å². The molecule has 0 spiro atoms. The molecule has 0 aliphatic carbocycles. The minimum absolute atomic E-state index is 0.163. The third kappa shape index (κ3) is 5.01. The number of carbonyl (C=O) groups excluding carboxylic acids is 2. The maximum atomic E-state index is 12.2. The fourth-order valence-electron chi connectivity index (χ4n) is 1.95. The second-order valence-corrected chi connectivity index (χ2v) is 5.33. The number of aliphatic hydroxyl groups is 1. The van der Waals surface area contributed by atoms with Crippen LogP contribution in [0.3, 0.4) is 0 Å². The molecule has 6 N–H and O–H groups in total. The highest BCUT2D eigenvalue weighted by Gasteiger charge is 2.25. The monoisotopic (exact) mass is 355 g/mol. The average molecular weight is 355 g/mol. The van der Waals surface area contributed by atoms with Crippen molar-refractivity contribution in [3.63, 3.8) is 0 Å². The third-order valence-electron chi connectivity index (χ3n) is 3.33. The molecule has 1 heterocycles. The first-order valence-electron chi connectivity index (χ1n) is 7.53. The summed E-state index contributed by atoms with van der Waals surface area (Å²) in [7, 11) is 0. The van der Waals surface area contributed by atoms with Crippen LogP contribution in [0.25, 0.3) is 0 Å². The lowest BCUT2D eigenvalue weighted by atomic mass is 10.1. The molecule has 26 heavy (non-hydrogen) atoms. The number of anilines is 1. The van der Waals surface area contributed by atoms with Crippen LogP contribution in [0, 0.1) is 11.8 Å². The van der Waals surface area contributed by atoms with E-state index >= 15 is 0 Å². The summed E-state index contributed by atoms with van der Waals surface area (Å²) < 4.78 is 0. The van der Waals surface area contributed by atoms with Crippen LogP contribution in [0.4, 0.5) is 5.95 Å². The fraction of sp³-hybridized carbons (Fsp3) is 0.176. The molecule has 2 aromatic rings. The standard InChI is InChI=1S/C17H17N5O4/c1-10(23)14(16(25)22-26)21-15(24)13-6-4-11(5-7-13)2-3-12-8-19-17(18)20-9-12/h4-10,14,23,26H,1H3,(H,21,24)(H,22,25)(H2,18,19,20). The van der Waals surface area contributed by atoms with Crippen LogP contribution in [0.15, 0.2) is 36.7 Å². The van der Waals surface area contributed by atoms with Crippen LogP contribution in [-0.2, 0) is 4.79 Å². The summed E-state index contributed by atoms with van der Waals surface area (Å²) in [5.74, 6) is 4.43. The smallest absolute Gasteiger partial charge is 0.268 e. The third-order valence-corrected chi connectivity index (χ3v) is 3.33. The van der Waals surface area contributed by atoms with Gasteiger partial charge < -0.3 is 16.2 Å². The van der Waals surface area contributed by atoms with Crippen molar-refractivity contribution in [3.8, 4) is 11.8 Å². The Morgan fingerprint density at radius 1 is 1.12 bits per heavy atom. The lowest BCUT2D eigenvalue weighted by Crippen LogP contribution is -2.51. The van der Waals surface area contributed by atoms with Crippen molar-refractivity contribution in [1.29, 1.82) is 0 Å². The van der Waals surface area contributed by atoms with E-state index in [1.165, 1.54) is 36.9 Å². The minimum atomic E-state index is -1.28. The van der Waals surface area contributed by atoms with Crippen LogP contribution < -0.4 is 16.5 Å². The van der Waals surface area contributed by atoms with Gasteiger partial charge in [-0.05, 0) is 31.2 Å². The molecule has 9 heteroatoms. The number of hydroxylamine groups is 1. The molecule has 9 nitrogen and oxygen atoms in total. The number of rotatable bonds is 4. The Morgan fingerprint density at radius 2 is 1.69 bits per heavy atom. The zero-order valence-electron chi connectivity index (χ0n) is 13.8. The van der Waals surface area contributed by atoms with Crippen LogP contribution in [0.2, 0.25) is 0 Å². The Kier molecular flexibility index (Phi) is 6.21. The van der Waals surface area contributed by atoms with E-state index in [9.17, 15) is 14.7 Å². The van der Waals surface area contributed by atoms with Crippen molar-refractivity contribution in [2.75, 3.05) is 5.73 Å². The van der Waals surface area contributed by atoms with Crippen molar-refractivity contribution in [3.05, 3.63) is 53.3 Å². The van der Waals surface area contributed by atoms with Gasteiger partial charge >= 0.3 is 0 Å². The molecule has 134 valence electrons. The van der Waals surface area contributed by atoms with Crippen molar-refractivity contribution in [2.24, 2.45) is 0 Å². The van der Waals surface area contributed by atoms with Gasteiger partial charge in [0.1, 0.15) is 6.04 Å². The topological polar surface area (TPSA) is 150 Å². The fourth-order valence-corrected chi connectivity index (χ4v) is 1.95. The number of amides is 2. The van der Waals surface area contributed by atoms with Crippen LogP contribution >= 0.6 is 0 Å². The number of aromatic nitrogens is 2. The molecule has 0 fully saturated rings. The van der Waals surface area contributed by atoms with Gasteiger partial charge in [-0.2, -0.15) is 0 Å². The van der Waals surface area contributed by atoms with Gasteiger partial charge in [-0.3, -0.25) is 14.8 Å². The Labute approximate surface area is 149 Å². The predicted octanol–water partition coefficient (Wildman–Crippen LogP) is -0.557. The molecule has 0 radical (unpaired) electrons. The molecule has 1 aromatic carbocycles. The number of hydrogen-bond acceptors (Lipinski definition) is 7. The lowest BCUT2D eigenvalue weighted by molar-refractivity contribution is -0.133. The van der Waals surface area contributed by atoms with E-state index in [0.717, 1.165) is 0 Å². The maximum Gasteiger partial charge on any atom is 0.268 e. The first-order valence-corrected chi connectivity index (χ1v) is 7.53.